The quantitative estimate of drug-likeness (QED) is 0.809. The lowest BCUT2D eigenvalue weighted by Gasteiger charge is -2.32. The number of nitrogens with one attached hydrogen (secondary N) is 2. The Morgan fingerprint density at radius 3 is 2.40 bits per heavy atom. The first-order valence-corrected chi connectivity index (χ1v) is 7.69. The Balaban J connectivity index is 2.48. The zero-order chi connectivity index (χ0) is 15.2. The Kier molecular flexibility index (Phi) is 6.76. The molecule has 1 fully saturated rings. The Hall–Kier alpha value is -0.810. The summed E-state index contributed by atoms with van der Waals surface area (Å²) in [5.74, 6) is 0.554. The van der Waals surface area contributed by atoms with Crippen LogP contribution in [-0.2, 0) is 4.74 Å². The van der Waals surface area contributed by atoms with Gasteiger partial charge in [0, 0.05) is 38.8 Å². The van der Waals surface area contributed by atoms with Crippen molar-refractivity contribution in [3.63, 3.8) is 0 Å². The number of amides is 1. The fourth-order valence-electron chi connectivity index (χ4n) is 2.43. The van der Waals surface area contributed by atoms with Crippen LogP contribution in [0.2, 0.25) is 0 Å². The van der Waals surface area contributed by atoms with E-state index in [0.717, 1.165) is 39.1 Å². The zero-order valence-electron chi connectivity index (χ0n) is 13.7. The van der Waals surface area contributed by atoms with Crippen LogP contribution in [0, 0.1) is 5.92 Å². The van der Waals surface area contributed by atoms with E-state index in [1.165, 1.54) is 0 Å². The smallest absolute Gasteiger partial charge is 0.407 e. The first kappa shape index (κ1) is 17.2. The largest absolute Gasteiger partial charge is 0.444 e. The van der Waals surface area contributed by atoms with Gasteiger partial charge in [-0.25, -0.2) is 4.79 Å². The lowest BCUT2D eigenvalue weighted by molar-refractivity contribution is 0.0482. The molecule has 5 heteroatoms. The van der Waals surface area contributed by atoms with Gasteiger partial charge in [0.25, 0.3) is 0 Å². The Morgan fingerprint density at radius 2 is 1.90 bits per heavy atom. The Labute approximate surface area is 123 Å². The molecule has 20 heavy (non-hydrogen) atoms. The minimum Gasteiger partial charge on any atom is -0.444 e. The van der Waals surface area contributed by atoms with E-state index in [2.05, 4.69) is 29.4 Å². The molecule has 1 saturated heterocycles. The normalized spacial score (nSPS) is 18.9. The molecule has 1 aliphatic heterocycles. The summed E-state index contributed by atoms with van der Waals surface area (Å²) in [6.45, 7) is 15.1. The van der Waals surface area contributed by atoms with Crippen molar-refractivity contribution >= 4 is 6.09 Å². The summed E-state index contributed by atoms with van der Waals surface area (Å²) in [4.78, 5) is 14.3. The summed E-state index contributed by atoms with van der Waals surface area (Å²) >= 11 is 0. The monoisotopic (exact) mass is 285 g/mol. The molecular weight excluding hydrogens is 254 g/mol. The molecule has 1 rings (SSSR count). The number of piperazine rings is 1. The van der Waals surface area contributed by atoms with E-state index in [9.17, 15) is 4.79 Å². The van der Waals surface area contributed by atoms with E-state index >= 15 is 0 Å². The standard InChI is InChI=1S/C15H31N3O2/c1-12(2)10-13(11-18-8-6-16-7-9-18)17-14(19)20-15(3,4)5/h12-13,16H,6-11H2,1-5H3,(H,17,19)/t13-/m0/s1. The second kappa shape index (κ2) is 7.84. The molecule has 0 aromatic heterocycles. The number of hydrogen-bond donors (Lipinski definition) is 2. The molecular formula is C15H31N3O2. The topological polar surface area (TPSA) is 53.6 Å². The van der Waals surface area contributed by atoms with Crippen molar-refractivity contribution in [2.75, 3.05) is 32.7 Å². The van der Waals surface area contributed by atoms with E-state index in [1.54, 1.807) is 0 Å². The van der Waals surface area contributed by atoms with E-state index in [-0.39, 0.29) is 12.1 Å². The van der Waals surface area contributed by atoms with Gasteiger partial charge in [0.15, 0.2) is 0 Å². The van der Waals surface area contributed by atoms with Gasteiger partial charge in [0.2, 0.25) is 0 Å². The highest BCUT2D eigenvalue weighted by molar-refractivity contribution is 5.68. The van der Waals surface area contributed by atoms with Gasteiger partial charge in [-0.15, -0.1) is 0 Å². The van der Waals surface area contributed by atoms with E-state index in [0.29, 0.717) is 5.92 Å². The van der Waals surface area contributed by atoms with E-state index in [4.69, 9.17) is 4.74 Å². The third-order valence-corrected chi connectivity index (χ3v) is 3.16. The van der Waals surface area contributed by atoms with Crippen LogP contribution in [0.5, 0.6) is 0 Å². The van der Waals surface area contributed by atoms with Gasteiger partial charge in [-0.05, 0) is 33.1 Å². The number of carbonyl (C=O) groups is 1. The molecule has 0 saturated carbocycles. The molecule has 0 unspecified atom stereocenters. The number of carbonyl (C=O) groups excluding carboxylic acids is 1. The van der Waals surface area contributed by atoms with Gasteiger partial charge in [-0.1, -0.05) is 13.8 Å². The number of nitrogens with zero attached hydrogens (tertiary/aromatic N) is 1. The van der Waals surface area contributed by atoms with Gasteiger partial charge < -0.3 is 15.4 Å². The van der Waals surface area contributed by atoms with Crippen LogP contribution in [0.25, 0.3) is 0 Å². The molecule has 1 amide bonds. The molecule has 0 bridgehead atoms. The van der Waals surface area contributed by atoms with Crippen LogP contribution in [0.1, 0.15) is 41.0 Å². The van der Waals surface area contributed by atoms with Crippen molar-refractivity contribution in [3.8, 4) is 0 Å². The summed E-state index contributed by atoms with van der Waals surface area (Å²) in [5.41, 5.74) is -0.443. The third kappa shape index (κ3) is 7.70. The molecule has 0 aliphatic carbocycles. The molecule has 1 heterocycles. The second-order valence-electron chi connectivity index (χ2n) is 7.02. The summed E-state index contributed by atoms with van der Waals surface area (Å²) < 4.78 is 5.36. The molecule has 0 radical (unpaired) electrons. The van der Waals surface area contributed by atoms with Gasteiger partial charge in [0.05, 0.1) is 0 Å². The average molecular weight is 285 g/mol. The van der Waals surface area contributed by atoms with Crippen LogP contribution in [0.15, 0.2) is 0 Å². The Morgan fingerprint density at radius 1 is 1.30 bits per heavy atom. The highest BCUT2D eigenvalue weighted by Crippen LogP contribution is 2.10. The molecule has 5 nitrogen and oxygen atoms in total. The molecule has 2 N–H and O–H groups in total. The summed E-state index contributed by atoms with van der Waals surface area (Å²) in [6, 6.07) is 0.156. The highest BCUT2D eigenvalue weighted by Gasteiger charge is 2.22. The van der Waals surface area contributed by atoms with Crippen molar-refractivity contribution in [3.05, 3.63) is 0 Å². The molecule has 0 aromatic rings. The number of rotatable bonds is 5. The van der Waals surface area contributed by atoms with Crippen LogP contribution in [0.4, 0.5) is 4.79 Å². The predicted molar refractivity (Wildman–Crippen MR) is 81.9 cm³/mol. The lowest BCUT2D eigenvalue weighted by atomic mass is 10.0. The summed E-state index contributed by atoms with van der Waals surface area (Å²) in [6.07, 6.45) is 0.668. The van der Waals surface area contributed by atoms with Gasteiger partial charge >= 0.3 is 6.09 Å². The zero-order valence-corrected chi connectivity index (χ0v) is 13.7. The maximum absolute atomic E-state index is 11.9. The van der Waals surface area contributed by atoms with Crippen molar-refractivity contribution in [2.24, 2.45) is 5.92 Å². The predicted octanol–water partition coefficient (Wildman–Crippen LogP) is 1.83. The summed E-state index contributed by atoms with van der Waals surface area (Å²) in [7, 11) is 0. The fourth-order valence-corrected chi connectivity index (χ4v) is 2.43. The van der Waals surface area contributed by atoms with Crippen molar-refractivity contribution in [1.82, 2.24) is 15.5 Å². The summed E-state index contributed by atoms with van der Waals surface area (Å²) in [5, 5.41) is 6.38. The van der Waals surface area contributed by atoms with Crippen molar-refractivity contribution < 1.29 is 9.53 Å². The van der Waals surface area contributed by atoms with Crippen LogP contribution in [0.3, 0.4) is 0 Å². The molecule has 0 aromatic carbocycles. The number of ether oxygens (including phenoxy) is 1. The second-order valence-corrected chi connectivity index (χ2v) is 7.02. The van der Waals surface area contributed by atoms with Gasteiger partial charge in [-0.2, -0.15) is 0 Å². The van der Waals surface area contributed by atoms with Crippen LogP contribution < -0.4 is 10.6 Å². The maximum Gasteiger partial charge on any atom is 0.407 e. The molecule has 1 atom stereocenters. The lowest BCUT2D eigenvalue weighted by Crippen LogP contribution is -2.51. The maximum atomic E-state index is 11.9. The van der Waals surface area contributed by atoms with Gasteiger partial charge in [0.1, 0.15) is 5.60 Å². The minimum absolute atomic E-state index is 0.156. The average Bonchev–Trinajstić information content (AvgIpc) is 2.26. The minimum atomic E-state index is -0.443. The first-order valence-electron chi connectivity index (χ1n) is 7.69. The first-order chi connectivity index (χ1) is 9.26. The fraction of sp³-hybridized carbons (Fsp3) is 0.933. The number of hydrogen-bond acceptors (Lipinski definition) is 4. The highest BCUT2D eigenvalue weighted by atomic mass is 16.6. The van der Waals surface area contributed by atoms with Crippen molar-refractivity contribution in [2.45, 2.75) is 52.7 Å². The number of alkyl carbamates (subject to hydrolysis) is 1. The molecule has 0 spiro atoms. The third-order valence-electron chi connectivity index (χ3n) is 3.16. The SMILES string of the molecule is CC(C)C[C@@H](CN1CCNCC1)NC(=O)OC(C)(C)C. The van der Waals surface area contributed by atoms with Crippen molar-refractivity contribution in [1.29, 1.82) is 0 Å². The Bertz CT molecular complexity index is 294. The van der Waals surface area contributed by atoms with E-state index < -0.39 is 5.60 Å². The molecule has 1 aliphatic rings. The van der Waals surface area contributed by atoms with Gasteiger partial charge in [-0.3, -0.25) is 4.90 Å². The van der Waals surface area contributed by atoms with E-state index in [1.807, 2.05) is 20.8 Å². The van der Waals surface area contributed by atoms with Crippen LogP contribution in [-0.4, -0.2) is 55.4 Å². The molecule has 118 valence electrons. The van der Waals surface area contributed by atoms with Crippen LogP contribution >= 0.6 is 0 Å².